The Balaban J connectivity index is 1.49. The number of fused-ring (bicyclic) bond motifs is 1. The molecule has 33 heavy (non-hydrogen) atoms. The van der Waals surface area contributed by atoms with Crippen LogP contribution in [-0.2, 0) is 21.4 Å². The molecule has 1 aliphatic rings. The number of hydrogen-bond donors (Lipinski definition) is 2. The summed E-state index contributed by atoms with van der Waals surface area (Å²) in [5.41, 5.74) is 2.01. The molecular weight excluding hydrogens is 446 g/mol. The average Bonchev–Trinajstić information content (AvgIpc) is 3.22. The molecule has 2 amide bonds. The lowest BCUT2D eigenvalue weighted by Crippen LogP contribution is -2.48. The zero-order valence-electron chi connectivity index (χ0n) is 18.3. The van der Waals surface area contributed by atoms with Crippen LogP contribution in [0.1, 0.15) is 24.6 Å². The van der Waals surface area contributed by atoms with Crippen LogP contribution >= 0.6 is 0 Å². The topological polar surface area (TPSA) is 134 Å². The van der Waals surface area contributed by atoms with Crippen LogP contribution in [0.25, 0.3) is 11.2 Å². The number of hydrogen-bond acceptors (Lipinski definition) is 6. The molecule has 1 aliphatic heterocycles. The number of benzene rings is 1. The summed E-state index contributed by atoms with van der Waals surface area (Å²) in [6, 6.07) is 8.12. The van der Waals surface area contributed by atoms with E-state index in [4.69, 9.17) is 0 Å². The van der Waals surface area contributed by atoms with Crippen molar-refractivity contribution in [2.75, 3.05) is 13.1 Å². The molecule has 2 aromatic heterocycles. The maximum Gasteiger partial charge on any atom is 0.407 e. The predicted molar refractivity (Wildman–Crippen MR) is 120 cm³/mol. The number of aryl methyl sites for hydroxylation is 1. The Morgan fingerprint density at radius 3 is 2.64 bits per heavy atom. The van der Waals surface area contributed by atoms with Crippen molar-refractivity contribution in [2.24, 2.45) is 11.8 Å². The van der Waals surface area contributed by atoms with Crippen molar-refractivity contribution in [3.63, 3.8) is 0 Å². The van der Waals surface area contributed by atoms with E-state index in [9.17, 15) is 23.1 Å². The summed E-state index contributed by atoms with van der Waals surface area (Å²) in [7, 11) is -3.82. The minimum absolute atomic E-state index is 0.0650. The van der Waals surface area contributed by atoms with Gasteiger partial charge in [-0.1, -0.05) is 24.6 Å². The first-order valence-corrected chi connectivity index (χ1v) is 12.0. The molecule has 0 bridgehead atoms. The normalized spacial score (nSPS) is 18.9. The van der Waals surface area contributed by atoms with Crippen molar-refractivity contribution in [3.05, 3.63) is 54.0 Å². The number of rotatable bonds is 5. The molecule has 1 saturated heterocycles. The van der Waals surface area contributed by atoms with E-state index in [1.807, 2.05) is 13.8 Å². The second kappa shape index (κ2) is 8.81. The summed E-state index contributed by atoms with van der Waals surface area (Å²) in [6.07, 6.45) is 2.43. The Bertz CT molecular complexity index is 1300. The predicted octanol–water partition coefficient (Wildman–Crippen LogP) is 2.23. The summed E-state index contributed by atoms with van der Waals surface area (Å²) >= 11 is 0. The van der Waals surface area contributed by atoms with Gasteiger partial charge in [0.2, 0.25) is 5.91 Å². The highest BCUT2D eigenvalue weighted by atomic mass is 32.2. The van der Waals surface area contributed by atoms with Gasteiger partial charge in [-0.05, 0) is 37.5 Å². The van der Waals surface area contributed by atoms with Gasteiger partial charge in [0.15, 0.2) is 5.65 Å². The number of piperidine rings is 1. The monoisotopic (exact) mass is 471 g/mol. The van der Waals surface area contributed by atoms with Crippen LogP contribution in [0, 0.1) is 18.8 Å². The van der Waals surface area contributed by atoms with Gasteiger partial charge in [0.05, 0.1) is 29.2 Å². The number of aromatic nitrogens is 3. The number of carbonyl (C=O) groups is 2. The SMILES string of the molecule is Cc1ccc(S(=O)(=O)n2ccc3nc(CNC(=O)C4CN(C(=O)O)CCC4C)cnc32)cc1. The highest BCUT2D eigenvalue weighted by molar-refractivity contribution is 7.90. The van der Waals surface area contributed by atoms with E-state index in [1.54, 1.807) is 30.3 Å². The average molecular weight is 472 g/mol. The van der Waals surface area contributed by atoms with Crippen molar-refractivity contribution in [1.29, 1.82) is 0 Å². The third-order valence-electron chi connectivity index (χ3n) is 5.99. The maximum atomic E-state index is 13.0. The van der Waals surface area contributed by atoms with Crippen molar-refractivity contribution in [2.45, 2.75) is 31.7 Å². The lowest BCUT2D eigenvalue weighted by atomic mass is 9.86. The molecule has 0 saturated carbocycles. The van der Waals surface area contributed by atoms with E-state index in [0.29, 0.717) is 24.2 Å². The van der Waals surface area contributed by atoms with Crippen LogP contribution in [0.15, 0.2) is 47.6 Å². The molecule has 10 nitrogen and oxygen atoms in total. The highest BCUT2D eigenvalue weighted by Crippen LogP contribution is 2.24. The lowest BCUT2D eigenvalue weighted by Gasteiger charge is -2.34. The van der Waals surface area contributed by atoms with Gasteiger partial charge >= 0.3 is 6.09 Å². The molecule has 174 valence electrons. The van der Waals surface area contributed by atoms with Crippen molar-refractivity contribution in [1.82, 2.24) is 24.2 Å². The summed E-state index contributed by atoms with van der Waals surface area (Å²) < 4.78 is 27.1. The quantitative estimate of drug-likeness (QED) is 0.583. The van der Waals surface area contributed by atoms with E-state index < -0.39 is 22.0 Å². The molecule has 2 unspecified atom stereocenters. The molecular formula is C22H25N5O5S. The van der Waals surface area contributed by atoms with Crippen LogP contribution in [0.4, 0.5) is 4.79 Å². The smallest absolute Gasteiger partial charge is 0.407 e. The largest absolute Gasteiger partial charge is 0.465 e. The number of nitrogens with one attached hydrogen (secondary N) is 1. The Morgan fingerprint density at radius 1 is 1.21 bits per heavy atom. The number of likely N-dealkylation sites (tertiary alicyclic amines) is 1. The zero-order valence-corrected chi connectivity index (χ0v) is 19.1. The van der Waals surface area contributed by atoms with Crippen LogP contribution < -0.4 is 5.32 Å². The molecule has 4 rings (SSSR count). The van der Waals surface area contributed by atoms with Gasteiger partial charge in [0, 0.05) is 19.3 Å². The number of carboxylic acid groups (broad SMARTS) is 1. The first-order valence-electron chi connectivity index (χ1n) is 10.6. The lowest BCUT2D eigenvalue weighted by molar-refractivity contribution is -0.128. The zero-order chi connectivity index (χ0) is 23.8. The van der Waals surface area contributed by atoms with Crippen LogP contribution in [0.2, 0.25) is 0 Å². The third-order valence-corrected chi connectivity index (χ3v) is 7.67. The van der Waals surface area contributed by atoms with Crippen molar-refractivity contribution >= 4 is 33.2 Å². The van der Waals surface area contributed by atoms with Gasteiger partial charge in [-0.15, -0.1) is 0 Å². The first-order chi connectivity index (χ1) is 15.7. The maximum absolute atomic E-state index is 13.0. The molecule has 0 aliphatic carbocycles. The van der Waals surface area contributed by atoms with E-state index >= 15 is 0 Å². The van der Waals surface area contributed by atoms with E-state index in [0.717, 1.165) is 9.54 Å². The molecule has 2 N–H and O–H groups in total. The Labute approximate surface area is 191 Å². The second-order valence-corrected chi connectivity index (χ2v) is 10.1. The Kier molecular flexibility index (Phi) is 6.07. The van der Waals surface area contributed by atoms with Crippen molar-refractivity contribution in [3.8, 4) is 0 Å². The summed E-state index contributed by atoms with van der Waals surface area (Å²) in [4.78, 5) is 34.0. The number of carbonyl (C=O) groups excluding carboxylic acids is 1. The molecule has 2 atom stereocenters. The fraction of sp³-hybridized carbons (Fsp3) is 0.364. The second-order valence-electron chi connectivity index (χ2n) is 8.32. The molecule has 11 heteroatoms. The fourth-order valence-corrected chi connectivity index (χ4v) is 5.22. The van der Waals surface area contributed by atoms with Gasteiger partial charge in [-0.3, -0.25) is 4.79 Å². The molecule has 1 aromatic carbocycles. The fourth-order valence-electron chi connectivity index (χ4n) is 3.92. The van der Waals surface area contributed by atoms with Crippen LogP contribution in [0.5, 0.6) is 0 Å². The first kappa shape index (κ1) is 22.7. The Hall–Kier alpha value is -3.47. The van der Waals surface area contributed by atoms with Gasteiger partial charge in [-0.25, -0.2) is 27.2 Å². The minimum atomic E-state index is -3.82. The van der Waals surface area contributed by atoms with E-state index in [1.165, 1.54) is 17.3 Å². The highest BCUT2D eigenvalue weighted by Gasteiger charge is 2.33. The number of amides is 2. The van der Waals surface area contributed by atoms with Crippen LogP contribution in [-0.4, -0.2) is 57.5 Å². The van der Waals surface area contributed by atoms with Crippen LogP contribution in [0.3, 0.4) is 0 Å². The van der Waals surface area contributed by atoms with Crippen molar-refractivity contribution < 1.29 is 23.1 Å². The molecule has 0 radical (unpaired) electrons. The Morgan fingerprint density at radius 2 is 1.94 bits per heavy atom. The van der Waals surface area contributed by atoms with Gasteiger partial charge in [0.25, 0.3) is 10.0 Å². The standard InChI is InChI=1S/C22H25N5O5S/c1-14-3-5-17(6-4-14)33(31,32)27-10-8-19-20(27)23-11-16(25-19)12-24-21(28)18-13-26(22(29)30)9-7-15(18)2/h3-6,8,10-11,15,18H,7,9,12-13H2,1-2H3,(H,24,28)(H,29,30). The minimum Gasteiger partial charge on any atom is -0.465 e. The van der Waals surface area contributed by atoms with E-state index in [2.05, 4.69) is 15.3 Å². The van der Waals surface area contributed by atoms with Gasteiger partial charge in [-0.2, -0.15) is 0 Å². The van der Waals surface area contributed by atoms with E-state index in [-0.39, 0.29) is 35.5 Å². The molecule has 0 spiro atoms. The van der Waals surface area contributed by atoms with Gasteiger partial charge in [0.1, 0.15) is 5.52 Å². The van der Waals surface area contributed by atoms with Gasteiger partial charge < -0.3 is 15.3 Å². The molecule has 3 heterocycles. The summed E-state index contributed by atoms with van der Waals surface area (Å²) in [6.45, 7) is 4.50. The number of nitrogens with zero attached hydrogens (tertiary/aromatic N) is 4. The summed E-state index contributed by atoms with van der Waals surface area (Å²) in [5, 5.41) is 12.0. The molecule has 1 fully saturated rings. The third kappa shape index (κ3) is 4.54. The summed E-state index contributed by atoms with van der Waals surface area (Å²) in [5.74, 6) is -0.614. The molecule has 3 aromatic rings.